The van der Waals surface area contributed by atoms with Crippen molar-refractivity contribution in [3.05, 3.63) is 48.6 Å². The molecule has 0 saturated carbocycles. The zero-order valence-electron chi connectivity index (χ0n) is 52.5. The van der Waals surface area contributed by atoms with Crippen LogP contribution in [0.15, 0.2) is 48.6 Å². The van der Waals surface area contributed by atoms with Crippen molar-refractivity contribution in [3.63, 3.8) is 0 Å². The standard InChI is InChI=1S/C72H132O6/c1-4-7-10-13-16-19-22-25-28-31-33-34-35-36-37-38-39-40-42-44-47-50-53-56-59-62-65-71(74)77-68-69(67-76-70(73)64-61-58-55-52-49-46-43-30-27-24-21-18-15-12-9-6-3)78-72(75)66-63-60-57-54-51-48-45-41-32-29-26-23-20-17-14-11-8-5-2/h20-21,23-24,29-30,32,43,69H,4-19,22,25-28,31,33-42,44-68H2,1-3H3/b23-20-,24-21-,32-29-,43-30-. The van der Waals surface area contributed by atoms with Gasteiger partial charge in [0.25, 0.3) is 0 Å². The SMILES string of the molecule is CCCCCC/C=C\C/C=C\CCCCCCCCCC(=O)OC(COC(=O)CCCCCCC/C=C\C/C=C\CCCCCC)COC(=O)CCCCCCCCCCCCCCCCCCCCCCCCCCCC. The Morgan fingerprint density at radius 3 is 0.718 bits per heavy atom. The molecule has 0 fully saturated rings. The summed E-state index contributed by atoms with van der Waals surface area (Å²) in [4.78, 5) is 38.4. The minimum absolute atomic E-state index is 0.0773. The lowest BCUT2D eigenvalue weighted by Gasteiger charge is -2.18. The summed E-state index contributed by atoms with van der Waals surface area (Å²) in [7, 11) is 0. The highest BCUT2D eigenvalue weighted by Gasteiger charge is 2.19. The van der Waals surface area contributed by atoms with E-state index in [1.165, 1.54) is 244 Å². The van der Waals surface area contributed by atoms with Gasteiger partial charge in [0.1, 0.15) is 13.2 Å². The van der Waals surface area contributed by atoms with Gasteiger partial charge in [-0.1, -0.05) is 320 Å². The Kier molecular flexibility index (Phi) is 64.6. The fourth-order valence-electron chi connectivity index (χ4n) is 10.3. The summed E-state index contributed by atoms with van der Waals surface area (Å²) < 4.78 is 17.0. The zero-order valence-corrected chi connectivity index (χ0v) is 52.5. The molecule has 78 heavy (non-hydrogen) atoms. The number of esters is 3. The maximum Gasteiger partial charge on any atom is 0.306 e. The number of unbranched alkanes of at least 4 members (excludes halogenated alkanes) is 45. The molecule has 6 nitrogen and oxygen atoms in total. The summed E-state index contributed by atoms with van der Waals surface area (Å²) >= 11 is 0. The number of hydrogen-bond donors (Lipinski definition) is 0. The van der Waals surface area contributed by atoms with Crippen LogP contribution in [0.4, 0.5) is 0 Å². The van der Waals surface area contributed by atoms with E-state index < -0.39 is 6.10 Å². The lowest BCUT2D eigenvalue weighted by atomic mass is 10.0. The van der Waals surface area contributed by atoms with Gasteiger partial charge in [0.2, 0.25) is 0 Å². The second-order valence-corrected chi connectivity index (χ2v) is 23.4. The van der Waals surface area contributed by atoms with Crippen LogP contribution in [0.1, 0.15) is 374 Å². The van der Waals surface area contributed by atoms with Crippen LogP contribution in [0.5, 0.6) is 0 Å². The van der Waals surface area contributed by atoms with Gasteiger partial charge in [-0.2, -0.15) is 0 Å². The molecule has 0 amide bonds. The number of hydrogen-bond acceptors (Lipinski definition) is 6. The van der Waals surface area contributed by atoms with Crippen molar-refractivity contribution >= 4 is 17.9 Å². The normalized spacial score (nSPS) is 12.3. The second-order valence-electron chi connectivity index (χ2n) is 23.4. The van der Waals surface area contributed by atoms with Gasteiger partial charge >= 0.3 is 17.9 Å². The molecule has 0 rings (SSSR count). The zero-order chi connectivity index (χ0) is 56.4. The van der Waals surface area contributed by atoms with E-state index in [-0.39, 0.29) is 31.1 Å². The van der Waals surface area contributed by atoms with Gasteiger partial charge < -0.3 is 14.2 Å². The number of allylic oxidation sites excluding steroid dienone is 8. The molecule has 1 unspecified atom stereocenters. The Bertz CT molecular complexity index is 1350. The molecule has 0 saturated heterocycles. The van der Waals surface area contributed by atoms with Crippen LogP contribution in [0.25, 0.3) is 0 Å². The topological polar surface area (TPSA) is 78.9 Å². The van der Waals surface area contributed by atoms with E-state index >= 15 is 0 Å². The third-order valence-electron chi connectivity index (χ3n) is 15.6. The van der Waals surface area contributed by atoms with Gasteiger partial charge in [-0.05, 0) is 83.5 Å². The molecule has 0 radical (unpaired) electrons. The van der Waals surface area contributed by atoms with Gasteiger partial charge in [-0.15, -0.1) is 0 Å². The van der Waals surface area contributed by atoms with Crippen molar-refractivity contribution in [2.24, 2.45) is 0 Å². The summed E-state index contributed by atoms with van der Waals surface area (Å²) in [6.07, 6.45) is 84.2. The second kappa shape index (κ2) is 66.9. The van der Waals surface area contributed by atoms with E-state index in [0.717, 1.165) is 89.9 Å². The van der Waals surface area contributed by atoms with Crippen LogP contribution in [0.3, 0.4) is 0 Å². The third kappa shape index (κ3) is 64.2. The van der Waals surface area contributed by atoms with Crippen LogP contribution in [-0.4, -0.2) is 37.2 Å². The van der Waals surface area contributed by atoms with Crippen LogP contribution in [-0.2, 0) is 28.6 Å². The molecular formula is C72H132O6. The van der Waals surface area contributed by atoms with E-state index in [1.54, 1.807) is 0 Å². The average molecular weight is 1090 g/mol. The lowest BCUT2D eigenvalue weighted by Crippen LogP contribution is -2.30. The molecule has 0 bridgehead atoms. The highest BCUT2D eigenvalue weighted by atomic mass is 16.6. The highest BCUT2D eigenvalue weighted by Crippen LogP contribution is 2.18. The molecule has 0 aromatic carbocycles. The van der Waals surface area contributed by atoms with Gasteiger partial charge in [0.05, 0.1) is 0 Å². The van der Waals surface area contributed by atoms with Crippen molar-refractivity contribution in [1.29, 1.82) is 0 Å². The third-order valence-corrected chi connectivity index (χ3v) is 15.6. The quantitative estimate of drug-likeness (QED) is 0.0261. The maximum atomic E-state index is 12.9. The predicted molar refractivity (Wildman–Crippen MR) is 339 cm³/mol. The molecule has 0 aliphatic rings. The van der Waals surface area contributed by atoms with Crippen molar-refractivity contribution in [2.75, 3.05) is 13.2 Å². The van der Waals surface area contributed by atoms with E-state index in [0.29, 0.717) is 19.3 Å². The summed E-state index contributed by atoms with van der Waals surface area (Å²) in [6, 6.07) is 0. The molecule has 0 aliphatic carbocycles. The monoisotopic (exact) mass is 1090 g/mol. The average Bonchev–Trinajstić information content (AvgIpc) is 3.44. The van der Waals surface area contributed by atoms with Crippen molar-refractivity contribution in [2.45, 2.75) is 380 Å². The van der Waals surface area contributed by atoms with Crippen LogP contribution < -0.4 is 0 Å². The number of carbonyl (C=O) groups is 3. The van der Waals surface area contributed by atoms with Gasteiger partial charge in [-0.3, -0.25) is 14.4 Å². The first-order valence-electron chi connectivity index (χ1n) is 34.6. The van der Waals surface area contributed by atoms with Gasteiger partial charge in [-0.25, -0.2) is 0 Å². The molecule has 1 atom stereocenters. The Morgan fingerprint density at radius 1 is 0.256 bits per heavy atom. The van der Waals surface area contributed by atoms with E-state index in [9.17, 15) is 14.4 Å². The van der Waals surface area contributed by atoms with E-state index in [2.05, 4.69) is 69.4 Å². The Balaban J connectivity index is 4.28. The Morgan fingerprint density at radius 2 is 0.462 bits per heavy atom. The molecule has 6 heteroatoms. The number of carbonyl (C=O) groups excluding carboxylic acids is 3. The van der Waals surface area contributed by atoms with Crippen LogP contribution in [0.2, 0.25) is 0 Å². The minimum atomic E-state index is -0.783. The van der Waals surface area contributed by atoms with Crippen molar-refractivity contribution < 1.29 is 28.6 Å². The maximum absolute atomic E-state index is 12.9. The number of rotatable bonds is 64. The van der Waals surface area contributed by atoms with E-state index in [4.69, 9.17) is 14.2 Å². The number of ether oxygens (including phenoxy) is 3. The van der Waals surface area contributed by atoms with Crippen molar-refractivity contribution in [1.82, 2.24) is 0 Å². The minimum Gasteiger partial charge on any atom is -0.462 e. The van der Waals surface area contributed by atoms with Crippen LogP contribution in [0, 0.1) is 0 Å². The largest absolute Gasteiger partial charge is 0.462 e. The molecule has 0 N–H and O–H groups in total. The predicted octanol–water partition coefficient (Wildman–Crippen LogP) is 23.7. The molecule has 0 heterocycles. The van der Waals surface area contributed by atoms with Gasteiger partial charge in [0, 0.05) is 19.3 Å². The summed E-state index contributed by atoms with van der Waals surface area (Å²) in [5.74, 6) is -0.875. The summed E-state index contributed by atoms with van der Waals surface area (Å²) in [5, 5.41) is 0. The molecule has 456 valence electrons. The molecule has 0 aromatic rings. The van der Waals surface area contributed by atoms with Crippen LogP contribution >= 0.6 is 0 Å². The Labute approximate surface area is 486 Å². The Hall–Kier alpha value is -2.63. The first kappa shape index (κ1) is 75.4. The van der Waals surface area contributed by atoms with E-state index in [1.807, 2.05) is 0 Å². The van der Waals surface area contributed by atoms with Crippen molar-refractivity contribution in [3.8, 4) is 0 Å². The summed E-state index contributed by atoms with van der Waals surface area (Å²) in [5.41, 5.74) is 0. The molecule has 0 aliphatic heterocycles. The lowest BCUT2D eigenvalue weighted by molar-refractivity contribution is -0.167. The van der Waals surface area contributed by atoms with Gasteiger partial charge in [0.15, 0.2) is 6.10 Å². The smallest absolute Gasteiger partial charge is 0.306 e. The first-order chi connectivity index (χ1) is 38.5. The molecule has 0 spiro atoms. The fourth-order valence-corrected chi connectivity index (χ4v) is 10.3. The fraction of sp³-hybridized carbons (Fsp3) is 0.847. The molecular weight excluding hydrogens is 961 g/mol. The summed E-state index contributed by atoms with van der Waals surface area (Å²) in [6.45, 7) is 6.65. The first-order valence-corrected chi connectivity index (χ1v) is 34.6. The highest BCUT2D eigenvalue weighted by molar-refractivity contribution is 5.71. The molecule has 0 aromatic heterocycles.